The zero-order valence-electron chi connectivity index (χ0n) is 18.7. The van der Waals surface area contributed by atoms with E-state index in [9.17, 15) is 9.59 Å². The van der Waals surface area contributed by atoms with Gasteiger partial charge in [-0.3, -0.25) is 9.59 Å². The van der Waals surface area contributed by atoms with E-state index >= 15 is 0 Å². The van der Waals surface area contributed by atoms with Crippen LogP contribution in [0.1, 0.15) is 44.6 Å². The monoisotopic (exact) mass is 458 g/mol. The van der Waals surface area contributed by atoms with Crippen LogP contribution in [0.2, 0.25) is 5.02 Å². The average Bonchev–Trinajstić information content (AvgIpc) is 2.81. The Morgan fingerprint density at radius 3 is 2.44 bits per heavy atom. The summed E-state index contributed by atoms with van der Waals surface area (Å²) in [6, 6.07) is 13.9. The van der Waals surface area contributed by atoms with Gasteiger partial charge in [0, 0.05) is 17.6 Å². The Labute approximate surface area is 194 Å². The van der Waals surface area contributed by atoms with Crippen molar-refractivity contribution in [2.75, 3.05) is 13.7 Å². The lowest BCUT2D eigenvalue weighted by Gasteiger charge is -2.31. The van der Waals surface area contributed by atoms with Crippen molar-refractivity contribution in [2.45, 2.75) is 57.7 Å². The maximum Gasteiger partial charge on any atom is 0.261 e. The Morgan fingerprint density at radius 1 is 1.09 bits per heavy atom. The number of rotatable bonds is 9. The van der Waals surface area contributed by atoms with Gasteiger partial charge in [0.1, 0.15) is 17.5 Å². The zero-order chi connectivity index (χ0) is 22.9. The Balaban J connectivity index is 1.69. The van der Waals surface area contributed by atoms with Crippen LogP contribution in [0.3, 0.4) is 0 Å². The lowest BCUT2D eigenvalue weighted by molar-refractivity contribution is -0.142. The van der Waals surface area contributed by atoms with Crippen LogP contribution in [0, 0.1) is 0 Å². The topological polar surface area (TPSA) is 67.9 Å². The van der Waals surface area contributed by atoms with Crippen LogP contribution in [0.4, 0.5) is 0 Å². The number of hydrogen-bond donors (Lipinski definition) is 1. The van der Waals surface area contributed by atoms with E-state index in [4.69, 9.17) is 21.1 Å². The Morgan fingerprint density at radius 2 is 1.78 bits per heavy atom. The molecule has 2 amide bonds. The minimum absolute atomic E-state index is 0.142. The Kier molecular flexibility index (Phi) is 8.80. The summed E-state index contributed by atoms with van der Waals surface area (Å²) >= 11 is 6.13. The second-order valence-electron chi connectivity index (χ2n) is 8.14. The van der Waals surface area contributed by atoms with Crippen molar-refractivity contribution in [1.82, 2.24) is 10.2 Å². The highest BCUT2D eigenvalue weighted by Crippen LogP contribution is 2.20. The molecule has 1 saturated carbocycles. The maximum absolute atomic E-state index is 13.1. The Bertz CT molecular complexity index is 897. The van der Waals surface area contributed by atoms with E-state index in [0.29, 0.717) is 16.5 Å². The summed E-state index contributed by atoms with van der Waals surface area (Å²) in [4.78, 5) is 27.7. The van der Waals surface area contributed by atoms with Crippen molar-refractivity contribution in [3.63, 3.8) is 0 Å². The number of methoxy groups -OCH3 is 1. The summed E-state index contributed by atoms with van der Waals surface area (Å²) in [6.45, 7) is 1.85. The second-order valence-corrected chi connectivity index (χ2v) is 8.57. The SMILES string of the molecule is COc1ccc(OCC(=O)N(Cc2cccc(Cl)c2)[C@H](C)C(=O)NC2CCCCC2)cc1. The molecule has 0 spiro atoms. The molecule has 32 heavy (non-hydrogen) atoms. The van der Waals surface area contributed by atoms with Gasteiger partial charge >= 0.3 is 0 Å². The molecule has 0 bridgehead atoms. The molecule has 0 unspecified atom stereocenters. The number of halogens is 1. The Hall–Kier alpha value is -2.73. The molecule has 0 saturated heterocycles. The molecule has 0 aliphatic heterocycles. The molecular weight excluding hydrogens is 428 g/mol. The number of carbonyl (C=O) groups is 2. The predicted molar refractivity (Wildman–Crippen MR) is 125 cm³/mol. The van der Waals surface area contributed by atoms with Crippen molar-refractivity contribution in [2.24, 2.45) is 0 Å². The number of nitrogens with one attached hydrogen (secondary N) is 1. The summed E-state index contributed by atoms with van der Waals surface area (Å²) in [5, 5.41) is 3.71. The quantitative estimate of drug-likeness (QED) is 0.596. The van der Waals surface area contributed by atoms with Crippen LogP contribution in [0.5, 0.6) is 11.5 Å². The normalized spacial score (nSPS) is 15.0. The number of amides is 2. The minimum Gasteiger partial charge on any atom is -0.497 e. The molecule has 0 heterocycles. The molecule has 1 fully saturated rings. The van der Waals surface area contributed by atoms with E-state index in [2.05, 4.69) is 5.32 Å². The van der Waals surface area contributed by atoms with Gasteiger partial charge in [-0.15, -0.1) is 0 Å². The molecule has 172 valence electrons. The summed E-state index contributed by atoms with van der Waals surface area (Å²) < 4.78 is 10.8. The molecule has 2 aromatic rings. The van der Waals surface area contributed by atoms with E-state index in [1.54, 1.807) is 55.3 Å². The fourth-order valence-electron chi connectivity index (χ4n) is 3.88. The molecule has 1 N–H and O–H groups in total. The van der Waals surface area contributed by atoms with E-state index in [0.717, 1.165) is 31.2 Å². The summed E-state index contributed by atoms with van der Waals surface area (Å²) in [7, 11) is 1.59. The van der Waals surface area contributed by atoms with Gasteiger partial charge in [-0.2, -0.15) is 0 Å². The van der Waals surface area contributed by atoms with E-state index < -0.39 is 6.04 Å². The highest BCUT2D eigenvalue weighted by atomic mass is 35.5. The summed E-state index contributed by atoms with van der Waals surface area (Å²) in [5.41, 5.74) is 0.854. The molecule has 2 aromatic carbocycles. The van der Waals surface area contributed by atoms with Gasteiger partial charge in [0.2, 0.25) is 5.91 Å². The lowest BCUT2D eigenvalue weighted by Crippen LogP contribution is -2.51. The molecular formula is C25H31ClN2O4. The van der Waals surface area contributed by atoms with Gasteiger partial charge in [0.25, 0.3) is 5.91 Å². The van der Waals surface area contributed by atoms with Gasteiger partial charge in [-0.25, -0.2) is 0 Å². The van der Waals surface area contributed by atoms with Gasteiger partial charge in [0.05, 0.1) is 7.11 Å². The first-order valence-electron chi connectivity index (χ1n) is 11.1. The van der Waals surface area contributed by atoms with Crippen molar-refractivity contribution in [3.8, 4) is 11.5 Å². The van der Waals surface area contributed by atoms with Crippen LogP contribution >= 0.6 is 11.6 Å². The predicted octanol–water partition coefficient (Wildman–Crippen LogP) is 4.59. The zero-order valence-corrected chi connectivity index (χ0v) is 19.4. The molecule has 0 radical (unpaired) electrons. The van der Waals surface area contributed by atoms with Gasteiger partial charge < -0.3 is 19.7 Å². The number of nitrogens with zero attached hydrogens (tertiary/aromatic N) is 1. The van der Waals surface area contributed by atoms with Gasteiger partial charge in [-0.05, 0) is 61.7 Å². The molecule has 6 nitrogen and oxygen atoms in total. The van der Waals surface area contributed by atoms with Crippen LogP contribution in [-0.2, 0) is 16.1 Å². The molecule has 1 aliphatic carbocycles. The van der Waals surface area contributed by atoms with Crippen molar-refractivity contribution in [3.05, 3.63) is 59.1 Å². The fraction of sp³-hybridized carbons (Fsp3) is 0.440. The maximum atomic E-state index is 13.1. The van der Waals surface area contributed by atoms with Crippen LogP contribution in [-0.4, -0.2) is 42.5 Å². The highest BCUT2D eigenvalue weighted by molar-refractivity contribution is 6.30. The second kappa shape index (κ2) is 11.8. The van der Waals surface area contributed by atoms with Crippen molar-refractivity contribution >= 4 is 23.4 Å². The van der Waals surface area contributed by atoms with Crippen molar-refractivity contribution < 1.29 is 19.1 Å². The third-order valence-electron chi connectivity index (χ3n) is 5.78. The first kappa shape index (κ1) is 23.9. The van der Waals surface area contributed by atoms with E-state index in [1.165, 1.54) is 6.42 Å². The molecule has 7 heteroatoms. The van der Waals surface area contributed by atoms with Crippen LogP contribution in [0.25, 0.3) is 0 Å². The molecule has 1 atom stereocenters. The smallest absolute Gasteiger partial charge is 0.261 e. The largest absolute Gasteiger partial charge is 0.497 e. The fourth-order valence-corrected chi connectivity index (χ4v) is 4.10. The molecule has 1 aliphatic rings. The molecule has 3 rings (SSSR count). The minimum atomic E-state index is -0.636. The average molecular weight is 459 g/mol. The molecule has 0 aromatic heterocycles. The summed E-state index contributed by atoms with van der Waals surface area (Å²) in [6.07, 6.45) is 5.44. The van der Waals surface area contributed by atoms with Gasteiger partial charge in [0.15, 0.2) is 6.61 Å². The third kappa shape index (κ3) is 6.89. The van der Waals surface area contributed by atoms with Crippen LogP contribution < -0.4 is 14.8 Å². The number of ether oxygens (including phenoxy) is 2. The van der Waals surface area contributed by atoms with E-state index in [1.807, 2.05) is 12.1 Å². The van der Waals surface area contributed by atoms with E-state index in [-0.39, 0.29) is 31.0 Å². The first-order valence-corrected chi connectivity index (χ1v) is 11.4. The third-order valence-corrected chi connectivity index (χ3v) is 6.02. The van der Waals surface area contributed by atoms with Gasteiger partial charge in [-0.1, -0.05) is 43.0 Å². The number of benzene rings is 2. The first-order chi connectivity index (χ1) is 15.5. The lowest BCUT2D eigenvalue weighted by atomic mass is 9.95. The van der Waals surface area contributed by atoms with Crippen LogP contribution in [0.15, 0.2) is 48.5 Å². The van der Waals surface area contributed by atoms with Crippen molar-refractivity contribution in [1.29, 1.82) is 0 Å². The highest BCUT2D eigenvalue weighted by Gasteiger charge is 2.28. The standard InChI is InChI=1S/C25H31ClN2O4/c1-18(25(30)27-21-9-4-3-5-10-21)28(16-19-7-6-8-20(26)15-19)24(29)17-32-23-13-11-22(31-2)12-14-23/h6-8,11-15,18,21H,3-5,9-10,16-17H2,1-2H3,(H,27,30)/t18-/m1/s1. The number of carbonyl (C=O) groups excluding carboxylic acids is 2. The number of hydrogen-bond acceptors (Lipinski definition) is 4. The summed E-state index contributed by atoms with van der Waals surface area (Å²) in [5.74, 6) is 0.851.